The van der Waals surface area contributed by atoms with Crippen LogP contribution in [0, 0.1) is 11.3 Å². The molecule has 0 heterocycles. The minimum absolute atomic E-state index is 0.0257. The van der Waals surface area contributed by atoms with Crippen LogP contribution < -0.4 is 0 Å². The van der Waals surface area contributed by atoms with Gasteiger partial charge in [-0.15, -0.1) is 12.6 Å². The molecule has 0 aromatic rings. The lowest BCUT2D eigenvalue weighted by molar-refractivity contribution is 0.220. The van der Waals surface area contributed by atoms with Crippen molar-refractivity contribution >= 4 is 36.6 Å². The maximum atomic E-state index is 12.0. The average Bonchev–Trinajstić information content (AvgIpc) is 2.04. The summed E-state index contributed by atoms with van der Waals surface area (Å²) >= 11 is 8.53. The largest absolute Gasteiger partial charge is 0.353 e. The molecule has 4 nitrogen and oxygen atoms in total. The minimum Gasteiger partial charge on any atom is -0.308 e. The molecule has 0 fully saturated rings. The van der Waals surface area contributed by atoms with Gasteiger partial charge in [0.05, 0.1) is 23.5 Å². The molecule has 80 valence electrons. The Morgan fingerprint density at radius 3 is 2.21 bits per heavy atom. The smallest absolute Gasteiger partial charge is 0.308 e. The Balaban J connectivity index is 4.88. The molecule has 0 aliphatic rings. The van der Waals surface area contributed by atoms with E-state index in [0.717, 1.165) is 0 Å². The summed E-state index contributed by atoms with van der Waals surface area (Å²) in [7, 11) is -3.46. The van der Waals surface area contributed by atoms with Crippen LogP contribution in [0.4, 0.5) is 0 Å². The van der Waals surface area contributed by atoms with Gasteiger partial charge in [-0.2, -0.15) is 5.26 Å². The number of nitriles is 1. The molecular formula is C7H12NO3PS2. The number of nitrogens with zero attached hydrogens (tertiary/aromatic N) is 1. The number of thiocarbonyl (C=S) groups is 1. The fraction of sp³-hybridized carbons (Fsp3) is 0.714. The van der Waals surface area contributed by atoms with Crippen molar-refractivity contribution in [3.8, 4) is 6.07 Å². The van der Waals surface area contributed by atoms with Gasteiger partial charge in [0.2, 0.25) is 0 Å². The molecule has 0 amide bonds. The fourth-order valence-electron chi connectivity index (χ4n) is 0.807. The highest BCUT2D eigenvalue weighted by molar-refractivity contribution is 8.12. The van der Waals surface area contributed by atoms with Crippen LogP contribution in [0.1, 0.15) is 13.8 Å². The van der Waals surface area contributed by atoms with E-state index >= 15 is 0 Å². The molecular weight excluding hydrogens is 241 g/mol. The molecule has 0 rings (SSSR count). The van der Waals surface area contributed by atoms with Crippen molar-refractivity contribution in [1.82, 2.24) is 0 Å². The summed E-state index contributed by atoms with van der Waals surface area (Å²) in [4.78, 5) is 0. The van der Waals surface area contributed by atoms with E-state index in [-0.39, 0.29) is 17.4 Å². The van der Waals surface area contributed by atoms with E-state index in [1.54, 1.807) is 19.9 Å². The summed E-state index contributed by atoms with van der Waals surface area (Å²) in [5, 5.41) is 8.77. The van der Waals surface area contributed by atoms with Gasteiger partial charge in [-0.3, -0.25) is 4.57 Å². The highest BCUT2D eigenvalue weighted by atomic mass is 32.1. The van der Waals surface area contributed by atoms with Crippen LogP contribution in [0.15, 0.2) is 0 Å². The van der Waals surface area contributed by atoms with Crippen molar-refractivity contribution in [2.24, 2.45) is 0 Å². The Morgan fingerprint density at radius 2 is 2.00 bits per heavy atom. The van der Waals surface area contributed by atoms with E-state index in [4.69, 9.17) is 26.5 Å². The molecule has 1 atom stereocenters. The van der Waals surface area contributed by atoms with Crippen molar-refractivity contribution in [3.63, 3.8) is 0 Å². The zero-order chi connectivity index (χ0) is 11.2. The van der Waals surface area contributed by atoms with E-state index < -0.39 is 13.3 Å². The lowest BCUT2D eigenvalue weighted by atomic mass is 10.5. The van der Waals surface area contributed by atoms with Crippen LogP contribution in [-0.4, -0.2) is 23.1 Å². The lowest BCUT2D eigenvalue weighted by Gasteiger charge is -2.20. The molecule has 0 N–H and O–H groups in total. The first kappa shape index (κ1) is 14.1. The van der Waals surface area contributed by atoms with Crippen molar-refractivity contribution in [1.29, 1.82) is 5.26 Å². The van der Waals surface area contributed by atoms with Gasteiger partial charge in [0.1, 0.15) is 0 Å². The predicted octanol–water partition coefficient (Wildman–Crippen LogP) is 2.40. The van der Waals surface area contributed by atoms with Crippen LogP contribution >= 0.6 is 32.4 Å². The topological polar surface area (TPSA) is 59.3 Å². The van der Waals surface area contributed by atoms with E-state index in [9.17, 15) is 4.57 Å². The Labute approximate surface area is 94.5 Å². The normalized spacial score (nSPS) is 13.3. The monoisotopic (exact) mass is 253 g/mol. The van der Waals surface area contributed by atoms with Crippen molar-refractivity contribution in [3.05, 3.63) is 0 Å². The molecule has 0 radical (unpaired) electrons. The van der Waals surface area contributed by atoms with E-state index in [2.05, 4.69) is 12.6 Å². The van der Waals surface area contributed by atoms with Crippen molar-refractivity contribution in [2.75, 3.05) is 13.2 Å². The summed E-state index contributed by atoms with van der Waals surface area (Å²) in [6.07, 6.45) is 0. The Kier molecular flexibility index (Phi) is 6.58. The number of rotatable bonds is 6. The summed E-state index contributed by atoms with van der Waals surface area (Å²) < 4.78 is 21.9. The molecule has 0 aliphatic carbocycles. The minimum atomic E-state index is -3.46. The van der Waals surface area contributed by atoms with E-state index in [0.29, 0.717) is 0 Å². The SMILES string of the molecule is CCOP(=O)(OCC)C(C#N)C(=S)S. The Bertz CT molecular complexity index is 279. The molecule has 0 aromatic heterocycles. The van der Waals surface area contributed by atoms with Crippen LogP contribution in [0.2, 0.25) is 0 Å². The third-order valence-corrected chi connectivity index (χ3v) is 4.41. The van der Waals surface area contributed by atoms with Gasteiger partial charge in [-0.05, 0) is 13.8 Å². The fourth-order valence-corrected chi connectivity index (χ4v) is 3.23. The second kappa shape index (κ2) is 6.54. The van der Waals surface area contributed by atoms with Crippen LogP contribution in [0.3, 0.4) is 0 Å². The molecule has 14 heavy (non-hydrogen) atoms. The van der Waals surface area contributed by atoms with Gasteiger partial charge in [0.25, 0.3) is 0 Å². The van der Waals surface area contributed by atoms with Gasteiger partial charge in [-0.25, -0.2) is 0 Å². The van der Waals surface area contributed by atoms with Crippen LogP contribution in [0.5, 0.6) is 0 Å². The molecule has 0 saturated heterocycles. The van der Waals surface area contributed by atoms with Gasteiger partial charge in [0, 0.05) is 0 Å². The first-order valence-electron chi connectivity index (χ1n) is 4.03. The third-order valence-electron chi connectivity index (χ3n) is 1.29. The quantitative estimate of drug-likeness (QED) is 0.447. The first-order valence-corrected chi connectivity index (χ1v) is 6.49. The zero-order valence-electron chi connectivity index (χ0n) is 7.97. The molecule has 7 heteroatoms. The van der Waals surface area contributed by atoms with Crippen molar-refractivity contribution < 1.29 is 13.6 Å². The first-order chi connectivity index (χ1) is 6.51. The van der Waals surface area contributed by atoms with Crippen LogP contribution in [-0.2, 0) is 13.6 Å². The van der Waals surface area contributed by atoms with E-state index in [1.807, 2.05) is 0 Å². The summed E-state index contributed by atoms with van der Waals surface area (Å²) in [5.41, 5.74) is -1.08. The second-order valence-electron chi connectivity index (χ2n) is 2.25. The maximum absolute atomic E-state index is 12.0. The molecule has 0 spiro atoms. The molecule has 0 saturated carbocycles. The highest BCUT2D eigenvalue weighted by Gasteiger charge is 2.37. The van der Waals surface area contributed by atoms with Gasteiger partial charge in [-0.1, -0.05) is 12.2 Å². The molecule has 0 aromatic carbocycles. The summed E-state index contributed by atoms with van der Waals surface area (Å²) in [6, 6.07) is 1.78. The van der Waals surface area contributed by atoms with Gasteiger partial charge >= 0.3 is 7.60 Å². The molecule has 0 aliphatic heterocycles. The molecule has 1 unspecified atom stereocenters. The second-order valence-corrected chi connectivity index (χ2v) is 5.58. The van der Waals surface area contributed by atoms with Gasteiger partial charge in [0.15, 0.2) is 5.66 Å². The van der Waals surface area contributed by atoms with Gasteiger partial charge < -0.3 is 9.05 Å². The summed E-state index contributed by atoms with van der Waals surface area (Å²) in [6.45, 7) is 3.74. The molecule has 0 bridgehead atoms. The number of hydrogen-bond acceptors (Lipinski definition) is 5. The standard InChI is InChI=1S/C7H12NO3PS2/c1-3-10-12(9,11-4-2)6(5-8)7(13)14/h6H,3-4H2,1-2H3,(H,13,14). The number of hydrogen-bond donors (Lipinski definition) is 1. The maximum Gasteiger partial charge on any atom is 0.353 e. The predicted molar refractivity (Wildman–Crippen MR) is 61.8 cm³/mol. The highest BCUT2D eigenvalue weighted by Crippen LogP contribution is 2.53. The average molecular weight is 253 g/mol. The Hall–Kier alpha value is 0.0800. The zero-order valence-corrected chi connectivity index (χ0v) is 10.6. The van der Waals surface area contributed by atoms with E-state index in [1.165, 1.54) is 0 Å². The Morgan fingerprint density at radius 1 is 1.57 bits per heavy atom. The lowest BCUT2D eigenvalue weighted by Crippen LogP contribution is -2.16. The number of thiol groups is 1. The third kappa shape index (κ3) is 3.68. The summed E-state index contributed by atoms with van der Waals surface area (Å²) in [5.74, 6) is 0. The van der Waals surface area contributed by atoms with Crippen molar-refractivity contribution in [2.45, 2.75) is 19.5 Å². The van der Waals surface area contributed by atoms with Crippen LogP contribution in [0.25, 0.3) is 0 Å².